The number of hydrogen-bond donors (Lipinski definition) is 1. The monoisotopic (exact) mass is 239 g/mol. The van der Waals surface area contributed by atoms with Crippen molar-refractivity contribution >= 4 is 0 Å². The van der Waals surface area contributed by atoms with Gasteiger partial charge in [-0.25, -0.2) is 0 Å². The molecule has 1 saturated heterocycles. The Labute approximate surface area is 102 Å². The largest absolute Gasteiger partial charge is 0.366 e. The SMILES string of the molecule is CC(C)(C)OCc1nc(C2CCCNC2)no1. The number of piperidine rings is 1. The standard InChI is InChI=1S/C12H21N3O2/c1-12(2,3)16-8-10-14-11(15-17-10)9-5-4-6-13-7-9/h9,13H,4-8H2,1-3H3. The van der Waals surface area contributed by atoms with Crippen LogP contribution in [0.25, 0.3) is 0 Å². The molecule has 2 heterocycles. The highest BCUT2D eigenvalue weighted by atomic mass is 16.5. The lowest BCUT2D eigenvalue weighted by molar-refractivity contribution is -0.0260. The van der Waals surface area contributed by atoms with Gasteiger partial charge in [0.15, 0.2) is 5.82 Å². The lowest BCUT2D eigenvalue weighted by atomic mass is 9.99. The summed E-state index contributed by atoms with van der Waals surface area (Å²) in [5, 5.41) is 7.38. The smallest absolute Gasteiger partial charge is 0.252 e. The van der Waals surface area contributed by atoms with Crippen LogP contribution in [-0.4, -0.2) is 28.8 Å². The van der Waals surface area contributed by atoms with Crippen LogP contribution in [0.1, 0.15) is 51.2 Å². The van der Waals surface area contributed by atoms with Gasteiger partial charge in [0, 0.05) is 12.5 Å². The van der Waals surface area contributed by atoms with Crippen molar-refractivity contribution in [2.45, 2.75) is 51.7 Å². The van der Waals surface area contributed by atoms with E-state index in [0.29, 0.717) is 18.4 Å². The molecule has 1 aliphatic rings. The molecule has 1 atom stereocenters. The summed E-state index contributed by atoms with van der Waals surface area (Å²) in [4.78, 5) is 4.39. The second-order valence-electron chi connectivity index (χ2n) is 5.49. The second kappa shape index (κ2) is 5.14. The fraction of sp³-hybridized carbons (Fsp3) is 0.833. The average molecular weight is 239 g/mol. The fourth-order valence-corrected chi connectivity index (χ4v) is 1.84. The molecule has 5 nitrogen and oxygen atoms in total. The van der Waals surface area contributed by atoms with E-state index >= 15 is 0 Å². The molecule has 1 aromatic heterocycles. The predicted octanol–water partition coefficient (Wildman–Crippen LogP) is 1.85. The lowest BCUT2D eigenvalue weighted by Gasteiger charge is -2.19. The van der Waals surface area contributed by atoms with Crippen LogP contribution < -0.4 is 5.32 Å². The van der Waals surface area contributed by atoms with E-state index in [4.69, 9.17) is 9.26 Å². The van der Waals surface area contributed by atoms with E-state index in [1.165, 1.54) is 6.42 Å². The van der Waals surface area contributed by atoms with E-state index in [1.807, 2.05) is 20.8 Å². The Morgan fingerprint density at radius 3 is 2.94 bits per heavy atom. The molecule has 1 fully saturated rings. The van der Waals surface area contributed by atoms with Gasteiger partial charge in [0.25, 0.3) is 5.89 Å². The molecule has 0 aliphatic carbocycles. The quantitative estimate of drug-likeness (QED) is 0.872. The van der Waals surface area contributed by atoms with Crippen LogP contribution >= 0.6 is 0 Å². The minimum atomic E-state index is -0.180. The van der Waals surface area contributed by atoms with Gasteiger partial charge in [-0.15, -0.1) is 0 Å². The Morgan fingerprint density at radius 2 is 2.29 bits per heavy atom. The third-order valence-electron chi connectivity index (χ3n) is 2.77. The molecule has 0 radical (unpaired) electrons. The van der Waals surface area contributed by atoms with Crippen molar-refractivity contribution in [3.05, 3.63) is 11.7 Å². The third-order valence-corrected chi connectivity index (χ3v) is 2.77. The molecule has 0 aromatic carbocycles. The average Bonchev–Trinajstić information content (AvgIpc) is 2.75. The molecule has 1 unspecified atom stereocenters. The summed E-state index contributed by atoms with van der Waals surface area (Å²) in [6.45, 7) is 8.45. The van der Waals surface area contributed by atoms with E-state index in [1.54, 1.807) is 0 Å². The first-order valence-electron chi connectivity index (χ1n) is 6.22. The van der Waals surface area contributed by atoms with Gasteiger partial charge in [-0.05, 0) is 40.2 Å². The van der Waals surface area contributed by atoms with Crippen LogP contribution in [0.4, 0.5) is 0 Å². The minimum absolute atomic E-state index is 0.180. The molecule has 0 spiro atoms. The van der Waals surface area contributed by atoms with Crippen LogP contribution in [0, 0.1) is 0 Å². The summed E-state index contributed by atoms with van der Waals surface area (Å²) in [6, 6.07) is 0. The second-order valence-corrected chi connectivity index (χ2v) is 5.49. The zero-order valence-electron chi connectivity index (χ0n) is 10.8. The van der Waals surface area contributed by atoms with Gasteiger partial charge in [0.05, 0.1) is 5.60 Å². The van der Waals surface area contributed by atoms with Gasteiger partial charge in [-0.1, -0.05) is 5.16 Å². The normalized spacial score (nSPS) is 21.7. The van der Waals surface area contributed by atoms with E-state index < -0.39 is 0 Å². The van der Waals surface area contributed by atoms with Gasteiger partial charge in [-0.3, -0.25) is 0 Å². The maximum absolute atomic E-state index is 5.60. The maximum Gasteiger partial charge on any atom is 0.252 e. The Morgan fingerprint density at radius 1 is 1.47 bits per heavy atom. The summed E-state index contributed by atoms with van der Waals surface area (Å²) in [7, 11) is 0. The van der Waals surface area contributed by atoms with E-state index in [-0.39, 0.29) is 5.60 Å². The Hall–Kier alpha value is -0.940. The van der Waals surface area contributed by atoms with Crippen LogP contribution in [-0.2, 0) is 11.3 Å². The van der Waals surface area contributed by atoms with E-state index in [9.17, 15) is 0 Å². The summed E-state index contributed by atoms with van der Waals surface area (Å²) >= 11 is 0. The lowest BCUT2D eigenvalue weighted by Crippen LogP contribution is -2.28. The molecule has 0 saturated carbocycles. The molecule has 1 N–H and O–H groups in total. The molecule has 2 rings (SSSR count). The first-order chi connectivity index (χ1) is 8.04. The summed E-state index contributed by atoms with van der Waals surface area (Å²) in [5.41, 5.74) is -0.180. The number of aromatic nitrogens is 2. The van der Waals surface area contributed by atoms with E-state index in [0.717, 1.165) is 25.3 Å². The molecule has 0 amide bonds. The van der Waals surface area contributed by atoms with Crippen molar-refractivity contribution in [3.63, 3.8) is 0 Å². The first kappa shape index (κ1) is 12.5. The number of hydrogen-bond acceptors (Lipinski definition) is 5. The molecule has 5 heteroatoms. The molecule has 17 heavy (non-hydrogen) atoms. The van der Waals surface area contributed by atoms with Gasteiger partial charge >= 0.3 is 0 Å². The van der Waals surface area contributed by atoms with Crippen molar-refractivity contribution in [3.8, 4) is 0 Å². The maximum atomic E-state index is 5.60. The van der Waals surface area contributed by atoms with Crippen LogP contribution in [0.5, 0.6) is 0 Å². The topological polar surface area (TPSA) is 60.2 Å². The Balaban J connectivity index is 1.91. The minimum Gasteiger partial charge on any atom is -0.366 e. The Kier molecular flexibility index (Phi) is 3.79. The summed E-state index contributed by atoms with van der Waals surface area (Å²) in [6.07, 6.45) is 2.30. The van der Waals surface area contributed by atoms with E-state index in [2.05, 4.69) is 15.5 Å². The van der Waals surface area contributed by atoms with Gasteiger partial charge in [-0.2, -0.15) is 4.98 Å². The number of nitrogens with one attached hydrogen (secondary N) is 1. The Bertz CT molecular complexity index is 351. The zero-order valence-corrected chi connectivity index (χ0v) is 10.8. The van der Waals surface area contributed by atoms with Crippen molar-refractivity contribution in [1.82, 2.24) is 15.5 Å². The van der Waals surface area contributed by atoms with Crippen molar-refractivity contribution in [1.29, 1.82) is 0 Å². The predicted molar refractivity (Wildman–Crippen MR) is 63.7 cm³/mol. The summed E-state index contributed by atoms with van der Waals surface area (Å²) in [5.74, 6) is 1.76. The van der Waals surface area contributed by atoms with Crippen molar-refractivity contribution in [2.75, 3.05) is 13.1 Å². The molecule has 1 aliphatic heterocycles. The van der Waals surface area contributed by atoms with Gasteiger partial charge < -0.3 is 14.6 Å². The highest BCUT2D eigenvalue weighted by Crippen LogP contribution is 2.21. The molecular weight excluding hydrogens is 218 g/mol. The van der Waals surface area contributed by atoms with Crippen molar-refractivity contribution in [2.24, 2.45) is 0 Å². The molecular formula is C12H21N3O2. The van der Waals surface area contributed by atoms with Crippen LogP contribution in [0.15, 0.2) is 4.52 Å². The first-order valence-corrected chi connectivity index (χ1v) is 6.22. The van der Waals surface area contributed by atoms with Crippen LogP contribution in [0.2, 0.25) is 0 Å². The third kappa shape index (κ3) is 3.78. The molecule has 0 bridgehead atoms. The van der Waals surface area contributed by atoms with Gasteiger partial charge in [0.1, 0.15) is 6.61 Å². The van der Waals surface area contributed by atoms with Gasteiger partial charge in [0.2, 0.25) is 0 Å². The summed E-state index contributed by atoms with van der Waals surface area (Å²) < 4.78 is 10.8. The highest BCUT2D eigenvalue weighted by molar-refractivity contribution is 4.97. The highest BCUT2D eigenvalue weighted by Gasteiger charge is 2.21. The van der Waals surface area contributed by atoms with Crippen molar-refractivity contribution < 1.29 is 9.26 Å². The zero-order chi connectivity index (χ0) is 12.3. The molecule has 1 aromatic rings. The van der Waals surface area contributed by atoms with Crippen LogP contribution in [0.3, 0.4) is 0 Å². The number of rotatable bonds is 3. The molecule has 96 valence electrons. The number of ether oxygens (including phenoxy) is 1. The number of nitrogens with zero attached hydrogens (tertiary/aromatic N) is 2. The fourth-order valence-electron chi connectivity index (χ4n) is 1.84.